The molecule has 0 aliphatic carbocycles. The van der Waals surface area contributed by atoms with Gasteiger partial charge >= 0.3 is 18.1 Å². The Morgan fingerprint density at radius 1 is 1.08 bits per heavy atom. The van der Waals surface area contributed by atoms with Crippen LogP contribution in [0.4, 0.5) is 13.2 Å². The molecule has 24 heavy (non-hydrogen) atoms. The molecule has 1 aromatic heterocycles. The Bertz CT molecular complexity index is 791. The molecule has 0 amide bonds. The summed E-state index contributed by atoms with van der Waals surface area (Å²) in [4.78, 5) is 23.3. The highest BCUT2D eigenvalue weighted by Crippen LogP contribution is 2.41. The maximum Gasteiger partial charge on any atom is 0.416 e. The van der Waals surface area contributed by atoms with E-state index in [4.69, 9.17) is 4.42 Å². The van der Waals surface area contributed by atoms with Crippen LogP contribution in [0.5, 0.6) is 5.75 Å². The molecule has 0 saturated heterocycles. The molecule has 6 nitrogen and oxygen atoms in total. The van der Waals surface area contributed by atoms with Crippen molar-refractivity contribution in [3.63, 3.8) is 0 Å². The van der Waals surface area contributed by atoms with E-state index in [0.717, 1.165) is 26.4 Å². The van der Waals surface area contributed by atoms with Crippen LogP contribution in [0.2, 0.25) is 0 Å². The van der Waals surface area contributed by atoms with Gasteiger partial charge in [-0.3, -0.25) is 0 Å². The molecule has 0 fully saturated rings. The quantitative estimate of drug-likeness (QED) is 0.860. The molecule has 2 rings (SSSR count). The molecule has 0 saturated carbocycles. The summed E-state index contributed by atoms with van der Waals surface area (Å²) in [6.07, 6.45) is -4.63. The van der Waals surface area contributed by atoms with E-state index in [1.165, 1.54) is 6.07 Å². The number of hydrogen-bond acceptors (Lipinski definition) is 6. The van der Waals surface area contributed by atoms with Crippen molar-refractivity contribution in [1.82, 2.24) is 0 Å². The van der Waals surface area contributed by atoms with Gasteiger partial charge in [0.1, 0.15) is 0 Å². The van der Waals surface area contributed by atoms with Crippen LogP contribution >= 0.6 is 0 Å². The topological polar surface area (TPSA) is 86.0 Å². The minimum Gasteiger partial charge on any atom is -0.504 e. The fourth-order valence-corrected chi connectivity index (χ4v) is 2.01. The number of rotatable bonds is 3. The highest BCUT2D eigenvalue weighted by atomic mass is 19.4. The molecule has 1 N–H and O–H groups in total. The molecule has 128 valence electrons. The smallest absolute Gasteiger partial charge is 0.416 e. The van der Waals surface area contributed by atoms with Gasteiger partial charge in [-0.15, -0.1) is 0 Å². The Morgan fingerprint density at radius 2 is 1.67 bits per heavy atom. The number of carbonyl (C=O) groups excluding carboxylic acids is 2. The van der Waals surface area contributed by atoms with Gasteiger partial charge in [-0.1, -0.05) is 12.1 Å². The van der Waals surface area contributed by atoms with Crippen molar-refractivity contribution < 1.29 is 41.8 Å². The van der Waals surface area contributed by atoms with Crippen LogP contribution in [0.3, 0.4) is 0 Å². The lowest BCUT2D eigenvalue weighted by molar-refractivity contribution is -0.137. The van der Waals surface area contributed by atoms with Gasteiger partial charge in [0, 0.05) is 0 Å². The van der Waals surface area contributed by atoms with E-state index >= 15 is 0 Å². The predicted octanol–water partition coefficient (Wildman–Crippen LogP) is 3.24. The maximum absolute atomic E-state index is 12.8. The van der Waals surface area contributed by atoms with Crippen molar-refractivity contribution in [3.05, 3.63) is 41.3 Å². The monoisotopic (exact) mass is 344 g/mol. The van der Waals surface area contributed by atoms with E-state index in [9.17, 15) is 27.9 Å². The average molecular weight is 344 g/mol. The third-order valence-electron chi connectivity index (χ3n) is 3.10. The highest BCUT2D eigenvalue weighted by Gasteiger charge is 2.34. The molecule has 0 bridgehead atoms. The number of furan rings is 1. The third-order valence-corrected chi connectivity index (χ3v) is 3.10. The lowest BCUT2D eigenvalue weighted by Gasteiger charge is -2.08. The largest absolute Gasteiger partial charge is 0.504 e. The van der Waals surface area contributed by atoms with E-state index in [1.54, 1.807) is 0 Å². The Kier molecular flexibility index (Phi) is 4.54. The molecule has 0 aliphatic rings. The molecule has 0 spiro atoms. The second-order valence-corrected chi connectivity index (χ2v) is 4.55. The number of hydrogen-bond donors (Lipinski definition) is 1. The molecule has 0 aliphatic heterocycles. The standard InChI is InChI=1S/C15H11F3O6/c1-22-13(20)11-9(10(19)12(24-11)14(21)23-2)7-4-3-5-8(6-7)15(16,17)18/h3-6,19H,1-2H3. The van der Waals surface area contributed by atoms with Crippen LogP contribution < -0.4 is 0 Å². The second-order valence-electron chi connectivity index (χ2n) is 4.55. The summed E-state index contributed by atoms with van der Waals surface area (Å²) in [6.45, 7) is 0. The van der Waals surface area contributed by atoms with Crippen molar-refractivity contribution in [2.24, 2.45) is 0 Å². The maximum atomic E-state index is 12.8. The Morgan fingerprint density at radius 3 is 2.21 bits per heavy atom. The van der Waals surface area contributed by atoms with Crippen LogP contribution in [0, 0.1) is 0 Å². The average Bonchev–Trinajstić information content (AvgIpc) is 2.90. The second kappa shape index (κ2) is 6.26. The van der Waals surface area contributed by atoms with Crippen molar-refractivity contribution >= 4 is 11.9 Å². The zero-order valence-corrected chi connectivity index (χ0v) is 12.4. The first-order valence-electron chi connectivity index (χ1n) is 6.40. The van der Waals surface area contributed by atoms with Crippen LogP contribution in [-0.2, 0) is 15.7 Å². The molecular formula is C15H11F3O6. The fraction of sp³-hybridized carbons (Fsp3) is 0.200. The first-order chi connectivity index (χ1) is 11.2. The number of methoxy groups -OCH3 is 2. The highest BCUT2D eigenvalue weighted by molar-refractivity contribution is 6.01. The SMILES string of the molecule is COC(=O)c1oc(C(=O)OC)c(-c2cccc(C(F)(F)F)c2)c1O. The minimum absolute atomic E-state index is 0.179. The molecule has 0 unspecified atom stereocenters. The van der Waals surface area contributed by atoms with Gasteiger partial charge in [0.15, 0.2) is 5.75 Å². The fourth-order valence-electron chi connectivity index (χ4n) is 2.01. The van der Waals surface area contributed by atoms with E-state index in [1.807, 2.05) is 0 Å². The molecule has 9 heteroatoms. The van der Waals surface area contributed by atoms with Crippen LogP contribution in [0.1, 0.15) is 26.7 Å². The summed E-state index contributed by atoms with van der Waals surface area (Å²) >= 11 is 0. The number of ether oxygens (including phenoxy) is 2. The van der Waals surface area contributed by atoms with Crippen molar-refractivity contribution in [2.45, 2.75) is 6.18 Å². The lowest BCUT2D eigenvalue weighted by atomic mass is 10.0. The Labute approximate surface area is 133 Å². The number of esters is 2. The summed E-state index contributed by atoms with van der Waals surface area (Å²) < 4.78 is 52.3. The predicted molar refractivity (Wildman–Crippen MR) is 73.5 cm³/mol. The van der Waals surface area contributed by atoms with E-state index in [0.29, 0.717) is 6.07 Å². The van der Waals surface area contributed by atoms with Gasteiger partial charge < -0.3 is 19.0 Å². The Balaban J connectivity index is 2.71. The van der Waals surface area contributed by atoms with Crippen molar-refractivity contribution in [2.75, 3.05) is 14.2 Å². The molecule has 0 atom stereocenters. The van der Waals surface area contributed by atoms with E-state index in [-0.39, 0.29) is 5.56 Å². The third kappa shape index (κ3) is 3.05. The number of halogens is 3. The van der Waals surface area contributed by atoms with Crippen molar-refractivity contribution in [3.8, 4) is 16.9 Å². The van der Waals surface area contributed by atoms with Gasteiger partial charge in [0.2, 0.25) is 5.76 Å². The summed E-state index contributed by atoms with van der Waals surface area (Å²) in [5.74, 6) is -4.33. The number of aromatic hydroxyl groups is 1. The zero-order chi connectivity index (χ0) is 18.1. The summed E-state index contributed by atoms with van der Waals surface area (Å²) in [5.41, 5.74) is -1.58. The normalized spacial score (nSPS) is 11.2. The van der Waals surface area contributed by atoms with Crippen LogP contribution in [0.15, 0.2) is 28.7 Å². The lowest BCUT2D eigenvalue weighted by Crippen LogP contribution is -2.05. The zero-order valence-electron chi connectivity index (χ0n) is 12.4. The number of alkyl halides is 3. The first-order valence-corrected chi connectivity index (χ1v) is 6.40. The van der Waals surface area contributed by atoms with Crippen molar-refractivity contribution in [1.29, 1.82) is 0 Å². The minimum atomic E-state index is -4.63. The molecule has 1 heterocycles. The summed E-state index contributed by atoms with van der Waals surface area (Å²) in [7, 11) is 2.02. The summed E-state index contributed by atoms with van der Waals surface area (Å²) in [5, 5.41) is 10.1. The van der Waals surface area contributed by atoms with Gasteiger partial charge in [-0.05, 0) is 17.7 Å². The van der Waals surface area contributed by atoms with Gasteiger partial charge in [-0.25, -0.2) is 9.59 Å². The molecular weight excluding hydrogens is 333 g/mol. The first kappa shape index (κ1) is 17.4. The molecule has 0 radical (unpaired) electrons. The molecule has 2 aromatic rings. The summed E-state index contributed by atoms with van der Waals surface area (Å²) in [6, 6.07) is 3.83. The van der Waals surface area contributed by atoms with Gasteiger partial charge in [0.05, 0.1) is 25.3 Å². The van der Waals surface area contributed by atoms with Crippen LogP contribution in [0.25, 0.3) is 11.1 Å². The van der Waals surface area contributed by atoms with Gasteiger partial charge in [0.25, 0.3) is 5.76 Å². The number of carbonyl (C=O) groups is 2. The number of benzene rings is 1. The van der Waals surface area contributed by atoms with E-state index < -0.39 is 46.5 Å². The van der Waals surface area contributed by atoms with E-state index in [2.05, 4.69) is 9.47 Å². The van der Waals surface area contributed by atoms with Gasteiger partial charge in [-0.2, -0.15) is 13.2 Å². The Hall–Kier alpha value is -2.97. The molecule has 1 aromatic carbocycles. The van der Waals surface area contributed by atoms with Crippen LogP contribution in [-0.4, -0.2) is 31.3 Å².